The molecule has 2 aromatic carbocycles. The number of ketones is 1. The minimum atomic E-state index is -0.937. The van der Waals surface area contributed by atoms with E-state index in [4.69, 9.17) is 4.74 Å². The molecule has 1 saturated heterocycles. The van der Waals surface area contributed by atoms with E-state index in [-0.39, 0.29) is 11.3 Å². The number of hydrogen-bond donors (Lipinski definition) is 1. The highest BCUT2D eigenvalue weighted by molar-refractivity contribution is 7.14. The van der Waals surface area contributed by atoms with E-state index in [0.717, 1.165) is 0 Å². The number of ether oxygens (including phenoxy) is 1. The molecule has 146 valence electrons. The van der Waals surface area contributed by atoms with E-state index in [2.05, 4.69) is 4.98 Å². The number of hydrogen-bond acceptors (Lipinski definition) is 6. The second-order valence-electron chi connectivity index (χ2n) is 6.27. The monoisotopic (exact) mass is 410 g/mol. The molecule has 0 saturated carbocycles. The fraction of sp³-hybridized carbons (Fsp3) is 0.0952. The molecule has 0 radical (unpaired) electrons. The minimum Gasteiger partial charge on any atom is -0.507 e. The van der Waals surface area contributed by atoms with Crippen molar-refractivity contribution in [2.24, 2.45) is 0 Å². The van der Waals surface area contributed by atoms with E-state index in [1.807, 2.05) is 0 Å². The van der Waals surface area contributed by atoms with Crippen molar-refractivity contribution in [3.63, 3.8) is 0 Å². The van der Waals surface area contributed by atoms with Crippen molar-refractivity contribution in [2.45, 2.75) is 6.04 Å². The van der Waals surface area contributed by atoms with Crippen LogP contribution in [0.5, 0.6) is 5.75 Å². The molecule has 1 aliphatic rings. The first kappa shape index (κ1) is 18.8. The third-order valence-corrected chi connectivity index (χ3v) is 5.37. The maximum Gasteiger partial charge on any atom is 0.301 e. The van der Waals surface area contributed by atoms with Crippen molar-refractivity contribution in [3.8, 4) is 5.75 Å². The molecule has 1 fully saturated rings. The van der Waals surface area contributed by atoms with Crippen molar-refractivity contribution < 1.29 is 23.8 Å². The molecule has 1 amide bonds. The second-order valence-corrected chi connectivity index (χ2v) is 7.14. The first-order valence-electron chi connectivity index (χ1n) is 8.61. The zero-order valence-corrected chi connectivity index (χ0v) is 16.0. The van der Waals surface area contributed by atoms with E-state index in [0.29, 0.717) is 22.0 Å². The highest BCUT2D eigenvalue weighted by Gasteiger charge is 2.47. The zero-order chi connectivity index (χ0) is 20.5. The predicted octanol–water partition coefficient (Wildman–Crippen LogP) is 3.92. The molecule has 4 rings (SSSR count). The van der Waals surface area contributed by atoms with Gasteiger partial charge >= 0.3 is 5.91 Å². The van der Waals surface area contributed by atoms with Crippen molar-refractivity contribution in [3.05, 3.63) is 82.6 Å². The Balaban J connectivity index is 1.93. The number of amides is 1. The Morgan fingerprint density at radius 1 is 1.21 bits per heavy atom. The predicted molar refractivity (Wildman–Crippen MR) is 106 cm³/mol. The summed E-state index contributed by atoms with van der Waals surface area (Å²) in [5.41, 5.74) is 0.712. The molecule has 1 aromatic heterocycles. The molecule has 0 aliphatic carbocycles. The van der Waals surface area contributed by atoms with E-state index >= 15 is 0 Å². The van der Waals surface area contributed by atoms with Crippen LogP contribution in [0.2, 0.25) is 0 Å². The van der Waals surface area contributed by atoms with Crippen LogP contribution in [0, 0.1) is 5.82 Å². The maximum absolute atomic E-state index is 13.5. The number of aliphatic hydroxyl groups excluding tert-OH is 1. The summed E-state index contributed by atoms with van der Waals surface area (Å²) in [7, 11) is 1.49. The van der Waals surface area contributed by atoms with E-state index in [9.17, 15) is 19.1 Å². The van der Waals surface area contributed by atoms with Crippen molar-refractivity contribution in [2.75, 3.05) is 12.0 Å². The van der Waals surface area contributed by atoms with Gasteiger partial charge in [0.1, 0.15) is 17.3 Å². The summed E-state index contributed by atoms with van der Waals surface area (Å²) in [5, 5.41) is 13.0. The number of thiazole rings is 1. The van der Waals surface area contributed by atoms with Gasteiger partial charge in [-0.1, -0.05) is 24.3 Å². The number of Topliss-reactive ketones (excluding diaryl/α,β-unsaturated/α-hetero) is 1. The molecule has 29 heavy (non-hydrogen) atoms. The van der Waals surface area contributed by atoms with Crippen LogP contribution in [-0.4, -0.2) is 28.9 Å². The Hall–Kier alpha value is -3.52. The molecule has 1 N–H and O–H groups in total. The van der Waals surface area contributed by atoms with Gasteiger partial charge in [-0.3, -0.25) is 14.5 Å². The van der Waals surface area contributed by atoms with Gasteiger partial charge in [-0.05, 0) is 29.8 Å². The molecular weight excluding hydrogens is 395 g/mol. The van der Waals surface area contributed by atoms with Crippen LogP contribution in [0.25, 0.3) is 5.76 Å². The number of halogens is 1. The van der Waals surface area contributed by atoms with Crippen LogP contribution in [-0.2, 0) is 9.59 Å². The van der Waals surface area contributed by atoms with Crippen molar-refractivity contribution in [1.82, 2.24) is 4.98 Å². The van der Waals surface area contributed by atoms with Crippen LogP contribution < -0.4 is 9.64 Å². The summed E-state index contributed by atoms with van der Waals surface area (Å²) >= 11 is 1.19. The van der Waals surface area contributed by atoms with E-state index < -0.39 is 23.5 Å². The number of carbonyl (C=O) groups excluding carboxylic acids is 2. The maximum atomic E-state index is 13.5. The third kappa shape index (κ3) is 3.27. The number of methoxy groups -OCH3 is 1. The number of aliphatic hydroxyl groups is 1. The number of nitrogens with zero attached hydrogens (tertiary/aromatic N) is 2. The molecule has 6 nitrogen and oxygen atoms in total. The molecule has 2 heterocycles. The highest BCUT2D eigenvalue weighted by Crippen LogP contribution is 2.42. The molecule has 1 unspecified atom stereocenters. The van der Waals surface area contributed by atoms with Gasteiger partial charge in [0.2, 0.25) is 0 Å². The van der Waals surface area contributed by atoms with Gasteiger partial charge in [0, 0.05) is 17.1 Å². The van der Waals surface area contributed by atoms with Gasteiger partial charge < -0.3 is 9.84 Å². The summed E-state index contributed by atoms with van der Waals surface area (Å²) in [5.74, 6) is -1.95. The topological polar surface area (TPSA) is 79.7 Å². The Morgan fingerprint density at radius 3 is 2.62 bits per heavy atom. The van der Waals surface area contributed by atoms with Crippen LogP contribution in [0.15, 0.2) is 65.7 Å². The van der Waals surface area contributed by atoms with Gasteiger partial charge in [0.15, 0.2) is 5.13 Å². The summed E-state index contributed by atoms with van der Waals surface area (Å²) in [6.45, 7) is 0. The normalized spacial score (nSPS) is 18.3. The molecule has 1 aliphatic heterocycles. The molecule has 8 heteroatoms. The Morgan fingerprint density at radius 2 is 1.97 bits per heavy atom. The smallest absolute Gasteiger partial charge is 0.301 e. The Labute approximate surface area is 169 Å². The van der Waals surface area contributed by atoms with Crippen LogP contribution in [0.1, 0.15) is 17.2 Å². The number of aromatic nitrogens is 1. The van der Waals surface area contributed by atoms with Gasteiger partial charge in [0.25, 0.3) is 5.78 Å². The van der Waals surface area contributed by atoms with Gasteiger partial charge in [0.05, 0.1) is 18.7 Å². The molecule has 1 atom stereocenters. The quantitative estimate of drug-likeness (QED) is 0.401. The van der Waals surface area contributed by atoms with E-state index in [1.54, 1.807) is 29.6 Å². The van der Waals surface area contributed by atoms with Gasteiger partial charge in [-0.15, -0.1) is 11.3 Å². The fourth-order valence-corrected chi connectivity index (χ4v) is 3.92. The fourth-order valence-electron chi connectivity index (χ4n) is 3.25. The van der Waals surface area contributed by atoms with Crippen LogP contribution >= 0.6 is 11.3 Å². The summed E-state index contributed by atoms with van der Waals surface area (Å²) in [6, 6.07) is 11.0. The van der Waals surface area contributed by atoms with E-state index in [1.165, 1.54) is 53.8 Å². The lowest BCUT2D eigenvalue weighted by molar-refractivity contribution is -0.132. The Bertz CT molecular complexity index is 1110. The first-order valence-corrected chi connectivity index (χ1v) is 9.49. The minimum absolute atomic E-state index is 0.0925. The number of rotatable bonds is 4. The Kier molecular flexibility index (Phi) is 4.85. The van der Waals surface area contributed by atoms with Gasteiger partial charge in [-0.25, -0.2) is 9.37 Å². The molecular formula is C21H15FN2O4S. The summed E-state index contributed by atoms with van der Waals surface area (Å²) < 4.78 is 18.6. The number of carbonyl (C=O) groups is 2. The van der Waals surface area contributed by atoms with Crippen molar-refractivity contribution >= 4 is 33.9 Å². The molecule has 3 aromatic rings. The first-order chi connectivity index (χ1) is 14.0. The second kappa shape index (κ2) is 7.48. The lowest BCUT2D eigenvalue weighted by atomic mass is 9.95. The summed E-state index contributed by atoms with van der Waals surface area (Å²) in [6.07, 6.45) is 1.52. The van der Waals surface area contributed by atoms with Gasteiger partial charge in [-0.2, -0.15) is 0 Å². The van der Waals surface area contributed by atoms with Crippen LogP contribution in [0.4, 0.5) is 9.52 Å². The average molecular weight is 410 g/mol. The third-order valence-electron chi connectivity index (χ3n) is 4.60. The highest BCUT2D eigenvalue weighted by atomic mass is 32.1. The lowest BCUT2D eigenvalue weighted by Crippen LogP contribution is -2.29. The average Bonchev–Trinajstić information content (AvgIpc) is 3.35. The largest absolute Gasteiger partial charge is 0.507 e. The van der Waals surface area contributed by atoms with Crippen LogP contribution in [0.3, 0.4) is 0 Å². The molecule has 0 spiro atoms. The van der Waals surface area contributed by atoms with Crippen molar-refractivity contribution in [1.29, 1.82) is 0 Å². The lowest BCUT2D eigenvalue weighted by Gasteiger charge is -2.23. The SMILES string of the molecule is COc1cccc(/C(O)=C2\C(=O)C(=O)N(c3nccs3)C2c2ccc(F)cc2)c1. The standard InChI is InChI=1S/C21H15FN2O4S/c1-28-15-4-2-3-13(11-15)18(25)16-17(12-5-7-14(22)8-6-12)24(20(27)19(16)26)21-23-9-10-29-21/h2-11,17,25H,1H3/b18-16+. The molecule has 0 bridgehead atoms. The number of anilines is 1. The zero-order valence-electron chi connectivity index (χ0n) is 15.2. The number of benzene rings is 2. The summed E-state index contributed by atoms with van der Waals surface area (Å²) in [4.78, 5) is 31.1.